The molecule has 0 saturated heterocycles. The first-order valence-electron chi connectivity index (χ1n) is 2.86. The predicted molar refractivity (Wildman–Crippen MR) is 41.7 cm³/mol. The molecule has 8 heavy (non-hydrogen) atoms. The standard InChI is InChI=1S/C4H8.C2H6.C2H2/c1-3-4-2;2*1-2/h3H,1,4H2,2H3;1-2H3;1-2H. The topological polar surface area (TPSA) is 0 Å². The summed E-state index contributed by atoms with van der Waals surface area (Å²) in [7, 11) is 0. The van der Waals surface area contributed by atoms with E-state index in [1.807, 2.05) is 19.9 Å². The van der Waals surface area contributed by atoms with Gasteiger partial charge in [-0.25, -0.2) is 0 Å². The fourth-order valence-electron chi connectivity index (χ4n) is 0. The highest BCUT2D eigenvalue weighted by Crippen LogP contribution is 1.66. The van der Waals surface area contributed by atoms with Crippen molar-refractivity contribution in [3.63, 3.8) is 0 Å². The van der Waals surface area contributed by atoms with Crippen LogP contribution < -0.4 is 0 Å². The fraction of sp³-hybridized carbons (Fsp3) is 0.500. The van der Waals surface area contributed by atoms with Gasteiger partial charge in [-0.2, -0.15) is 0 Å². The van der Waals surface area contributed by atoms with Crippen LogP contribution in [0.3, 0.4) is 0 Å². The molecule has 0 unspecified atom stereocenters. The molecule has 0 heterocycles. The molecular formula is C8H16. The fourth-order valence-corrected chi connectivity index (χ4v) is 0. The molecule has 48 valence electrons. The van der Waals surface area contributed by atoms with Crippen LogP contribution in [0.1, 0.15) is 27.2 Å². The number of terminal acetylenes is 1. The molecular weight excluding hydrogens is 96.1 g/mol. The maximum absolute atomic E-state index is 4.00. The molecule has 0 aromatic heterocycles. The Kier molecular flexibility index (Phi) is 205. The Balaban J connectivity index is -0.0000000542. The highest BCUT2D eigenvalue weighted by molar-refractivity contribution is 4.60. The molecule has 0 saturated carbocycles. The van der Waals surface area contributed by atoms with E-state index < -0.39 is 0 Å². The van der Waals surface area contributed by atoms with Crippen LogP contribution in [0.25, 0.3) is 0 Å². The van der Waals surface area contributed by atoms with Gasteiger partial charge in [-0.05, 0) is 6.42 Å². The number of rotatable bonds is 1. The third kappa shape index (κ3) is 1090. The van der Waals surface area contributed by atoms with Crippen molar-refractivity contribution in [3.8, 4) is 12.8 Å². The zero-order chi connectivity index (χ0) is 7.41. The quantitative estimate of drug-likeness (QED) is 0.361. The smallest absolute Gasteiger partial charge is 0.0382 e. The minimum atomic E-state index is 1.08. The van der Waals surface area contributed by atoms with Crippen LogP contribution in [-0.2, 0) is 0 Å². The molecule has 0 N–H and O–H groups in total. The van der Waals surface area contributed by atoms with E-state index in [4.69, 9.17) is 0 Å². The van der Waals surface area contributed by atoms with Gasteiger partial charge in [0.15, 0.2) is 0 Å². The monoisotopic (exact) mass is 112 g/mol. The molecule has 0 aromatic carbocycles. The maximum Gasteiger partial charge on any atom is -0.0382 e. The molecule has 0 bridgehead atoms. The Morgan fingerprint density at radius 1 is 1.38 bits per heavy atom. The first kappa shape index (κ1) is 15.7. The molecule has 0 aromatic rings. The summed E-state index contributed by atoms with van der Waals surface area (Å²) in [6.45, 7) is 9.54. The van der Waals surface area contributed by atoms with Crippen LogP contribution in [0.4, 0.5) is 0 Å². The second-order valence-corrected chi connectivity index (χ2v) is 0.697. The van der Waals surface area contributed by atoms with Gasteiger partial charge >= 0.3 is 0 Å². The Morgan fingerprint density at radius 3 is 1.50 bits per heavy atom. The molecule has 0 radical (unpaired) electrons. The maximum atomic E-state index is 4.00. The van der Waals surface area contributed by atoms with E-state index in [1.165, 1.54) is 0 Å². The van der Waals surface area contributed by atoms with Crippen LogP contribution in [0.15, 0.2) is 12.7 Å². The van der Waals surface area contributed by atoms with Crippen molar-refractivity contribution in [2.45, 2.75) is 27.2 Å². The molecule has 0 atom stereocenters. The first-order valence-corrected chi connectivity index (χ1v) is 2.86. The lowest BCUT2D eigenvalue weighted by atomic mass is 10.5. The van der Waals surface area contributed by atoms with E-state index >= 15 is 0 Å². The van der Waals surface area contributed by atoms with Gasteiger partial charge in [0.25, 0.3) is 0 Å². The highest BCUT2D eigenvalue weighted by Gasteiger charge is 1.45. The number of hydrogen-bond acceptors (Lipinski definition) is 0. The summed E-state index contributed by atoms with van der Waals surface area (Å²) in [6.07, 6.45) is 11.0. The van der Waals surface area contributed by atoms with Gasteiger partial charge in [-0.15, -0.1) is 19.4 Å². The van der Waals surface area contributed by atoms with Crippen molar-refractivity contribution in [1.82, 2.24) is 0 Å². The minimum Gasteiger partial charge on any atom is -0.124 e. The van der Waals surface area contributed by atoms with Gasteiger partial charge < -0.3 is 0 Å². The van der Waals surface area contributed by atoms with Crippen LogP contribution in [0.2, 0.25) is 0 Å². The van der Waals surface area contributed by atoms with Crippen molar-refractivity contribution in [3.05, 3.63) is 12.7 Å². The molecule has 0 nitrogen and oxygen atoms in total. The van der Waals surface area contributed by atoms with Crippen LogP contribution in [0, 0.1) is 12.8 Å². The van der Waals surface area contributed by atoms with Crippen LogP contribution >= 0.6 is 0 Å². The minimum absolute atomic E-state index is 1.08. The van der Waals surface area contributed by atoms with Gasteiger partial charge in [-0.1, -0.05) is 26.8 Å². The lowest BCUT2D eigenvalue weighted by Crippen LogP contribution is -1.36. The number of hydrogen-bond donors (Lipinski definition) is 0. The Morgan fingerprint density at radius 2 is 1.50 bits per heavy atom. The third-order valence-electron chi connectivity index (χ3n) is 0.289. The summed E-state index contributed by atoms with van der Waals surface area (Å²) in [5, 5.41) is 0. The third-order valence-corrected chi connectivity index (χ3v) is 0.289. The molecule has 0 amide bonds. The van der Waals surface area contributed by atoms with E-state index in [9.17, 15) is 0 Å². The summed E-state index contributed by atoms with van der Waals surface area (Å²) in [5.74, 6) is 0. The average molecular weight is 112 g/mol. The van der Waals surface area contributed by atoms with Gasteiger partial charge in [0.2, 0.25) is 0 Å². The molecule has 0 aliphatic heterocycles. The van der Waals surface area contributed by atoms with Gasteiger partial charge in [0.1, 0.15) is 0 Å². The summed E-state index contributed by atoms with van der Waals surface area (Å²) >= 11 is 0. The highest BCUT2D eigenvalue weighted by atomic mass is 13.5. The SMILES string of the molecule is C#C.C=CCC.CC. The van der Waals surface area contributed by atoms with E-state index in [0.29, 0.717) is 0 Å². The van der Waals surface area contributed by atoms with Crippen molar-refractivity contribution in [1.29, 1.82) is 0 Å². The van der Waals surface area contributed by atoms with E-state index in [1.54, 1.807) is 0 Å². The largest absolute Gasteiger partial charge is 0.124 e. The van der Waals surface area contributed by atoms with E-state index in [2.05, 4.69) is 26.3 Å². The zero-order valence-corrected chi connectivity index (χ0v) is 6.15. The average Bonchev–Trinajstić information content (AvgIpc) is 1.96. The predicted octanol–water partition coefficient (Wildman–Crippen LogP) is 2.86. The molecule has 0 aliphatic rings. The van der Waals surface area contributed by atoms with Crippen molar-refractivity contribution in [2.24, 2.45) is 0 Å². The summed E-state index contributed by atoms with van der Waals surface area (Å²) in [5.41, 5.74) is 0. The van der Waals surface area contributed by atoms with Gasteiger partial charge in [0, 0.05) is 0 Å². The van der Waals surface area contributed by atoms with Crippen LogP contribution in [0.5, 0.6) is 0 Å². The molecule has 0 aliphatic carbocycles. The van der Waals surface area contributed by atoms with E-state index in [-0.39, 0.29) is 0 Å². The van der Waals surface area contributed by atoms with Crippen LogP contribution in [-0.4, -0.2) is 0 Å². The first-order chi connectivity index (χ1) is 3.91. The van der Waals surface area contributed by atoms with E-state index in [0.717, 1.165) is 6.42 Å². The second kappa shape index (κ2) is 105. The summed E-state index contributed by atoms with van der Waals surface area (Å²) < 4.78 is 0. The molecule has 0 heteroatoms. The Labute approximate surface area is 53.6 Å². The number of allylic oxidation sites excluding steroid dienone is 1. The lowest BCUT2D eigenvalue weighted by molar-refractivity contribution is 1.23. The molecule has 0 rings (SSSR count). The van der Waals surface area contributed by atoms with Crippen molar-refractivity contribution < 1.29 is 0 Å². The van der Waals surface area contributed by atoms with Gasteiger partial charge in [0.05, 0.1) is 0 Å². The normalized spacial score (nSPS) is 4.12. The summed E-state index contributed by atoms with van der Waals surface area (Å²) in [4.78, 5) is 0. The molecule has 0 fully saturated rings. The molecule has 0 spiro atoms. The van der Waals surface area contributed by atoms with Gasteiger partial charge in [-0.3, -0.25) is 0 Å². The zero-order valence-electron chi connectivity index (χ0n) is 6.15. The summed E-state index contributed by atoms with van der Waals surface area (Å²) in [6, 6.07) is 0. The Bertz CT molecular complexity index is 32.5. The van der Waals surface area contributed by atoms with Crippen molar-refractivity contribution >= 4 is 0 Å². The second-order valence-electron chi connectivity index (χ2n) is 0.697. The lowest BCUT2D eigenvalue weighted by Gasteiger charge is -1.57. The Hall–Kier alpha value is -0.700. The van der Waals surface area contributed by atoms with Crippen molar-refractivity contribution in [2.75, 3.05) is 0 Å².